The van der Waals surface area contributed by atoms with Crippen LogP contribution in [-0.4, -0.2) is 11.5 Å². The van der Waals surface area contributed by atoms with Gasteiger partial charge in [-0.05, 0) is 18.7 Å². The summed E-state index contributed by atoms with van der Waals surface area (Å²) in [6.45, 7) is 0.678. The number of nitrogens with two attached hydrogens (primary N) is 1. The van der Waals surface area contributed by atoms with E-state index in [2.05, 4.69) is 4.98 Å². The highest BCUT2D eigenvalue weighted by Crippen LogP contribution is 1.91. The maximum absolute atomic E-state index is 5.32. The lowest BCUT2D eigenvalue weighted by atomic mass is 10.3. The molecule has 2 nitrogen and oxygen atoms in total. The van der Waals surface area contributed by atoms with Crippen molar-refractivity contribution in [3.8, 4) is 0 Å². The fourth-order valence-corrected chi connectivity index (χ4v) is 0.694. The highest BCUT2D eigenvalue weighted by molar-refractivity contribution is 5.03. The molecule has 0 aliphatic rings. The standard InChI is InChI=1S/C7H10N2.6H2/c8-5-4-7-3-1-2-6-9-7;;;;;;/h1-3,6H,4-5,8H2;6*1H/i;6*1+1D. The zero-order chi connectivity index (χ0) is 18.5. The molecule has 0 saturated carbocycles. The van der Waals surface area contributed by atoms with Crippen molar-refractivity contribution < 1.29 is 17.8 Å². The van der Waals surface area contributed by atoms with E-state index in [1.165, 1.54) is 0 Å². The molecule has 1 aromatic heterocycles. The largest absolute Gasteiger partial charge is 0.330 e. The van der Waals surface area contributed by atoms with Gasteiger partial charge in [0.05, 0.1) is 0 Å². The Kier molecular flexibility index (Phi) is 0.732. The molecule has 0 unspecified atom stereocenters. The van der Waals surface area contributed by atoms with Gasteiger partial charge in [-0.25, -0.2) is 0 Å². The Morgan fingerprint density at radius 2 is 2.56 bits per heavy atom. The Bertz CT molecular complexity index is 181. The van der Waals surface area contributed by atoms with Gasteiger partial charge in [0.15, 0.2) is 0 Å². The summed E-state index contributed by atoms with van der Waals surface area (Å²) >= 11 is 0. The van der Waals surface area contributed by atoms with Crippen LogP contribution in [0.3, 0.4) is 0 Å². The predicted octanol–water partition coefficient (Wildman–Crippen LogP) is 2.06. The van der Waals surface area contributed by atoms with E-state index in [1.807, 2.05) is 18.2 Å². The monoisotopic (exact) mass is 146 g/mol. The van der Waals surface area contributed by atoms with Gasteiger partial charge in [-0.3, -0.25) is 4.98 Å². The fourth-order valence-electron chi connectivity index (χ4n) is 0.694. The Morgan fingerprint density at radius 1 is 1.67 bits per heavy atom. The second-order valence-electron chi connectivity index (χ2n) is 1.86. The summed E-state index contributed by atoms with van der Waals surface area (Å²) in [5.74, 6) is 0. The quantitative estimate of drug-likeness (QED) is 0.693. The SMILES string of the molecule is NCCc1ccccn1.[2H][2H].[2H][2H].[2H][2H].[2H][2H].[2H][2H].[2H][2H]. The van der Waals surface area contributed by atoms with Crippen molar-refractivity contribution in [2.45, 2.75) is 6.42 Å². The van der Waals surface area contributed by atoms with E-state index in [4.69, 9.17) is 23.6 Å². The zero-order valence-corrected chi connectivity index (χ0v) is 5.25. The summed E-state index contributed by atoms with van der Waals surface area (Å²) in [6.07, 6.45) is 2.66. The van der Waals surface area contributed by atoms with Gasteiger partial charge in [-0.2, -0.15) is 0 Å². The third-order valence-corrected chi connectivity index (χ3v) is 1.13. The van der Waals surface area contributed by atoms with Gasteiger partial charge in [-0.15, -0.1) is 0 Å². The molecule has 0 aliphatic carbocycles. The normalized spacial score (nSPS) is 14.8. The van der Waals surface area contributed by atoms with Gasteiger partial charge in [0, 0.05) is 36.1 Å². The Hall–Kier alpha value is -0.890. The number of pyridine rings is 1. The molecule has 0 amide bonds. The summed E-state index contributed by atoms with van der Waals surface area (Å²) in [5.41, 5.74) is 6.39. The molecule has 0 aromatic carbocycles. The first-order valence-electron chi connectivity index (χ1n) is 9.03. The Balaban J connectivity index is -0.0000000400. The molecule has 2 N–H and O–H groups in total. The minimum atomic E-state index is 0.678. The van der Waals surface area contributed by atoms with Gasteiger partial charge in [-0.1, -0.05) is 6.07 Å². The van der Waals surface area contributed by atoms with Crippen molar-refractivity contribution in [3.05, 3.63) is 30.1 Å². The average Bonchev–Trinajstić information content (AvgIpc) is 2.66. The van der Waals surface area contributed by atoms with E-state index >= 15 is 0 Å². The lowest BCUT2D eigenvalue weighted by molar-refractivity contribution is 0.923. The van der Waals surface area contributed by atoms with Gasteiger partial charge < -0.3 is 5.73 Å². The van der Waals surface area contributed by atoms with Crippen molar-refractivity contribution in [1.82, 2.24) is 4.98 Å². The lowest BCUT2D eigenvalue weighted by Crippen LogP contribution is -2.03. The summed E-state index contributed by atoms with van der Waals surface area (Å²) in [7, 11) is 0. The zero-order valence-electron chi connectivity index (χ0n) is 17.2. The van der Waals surface area contributed by atoms with Crippen molar-refractivity contribution in [2.24, 2.45) is 5.73 Å². The minimum Gasteiger partial charge on any atom is -0.330 e. The van der Waals surface area contributed by atoms with Gasteiger partial charge in [0.1, 0.15) is 0 Å². The lowest BCUT2D eigenvalue weighted by Gasteiger charge is -1.92. The summed E-state index contributed by atoms with van der Waals surface area (Å²) in [5, 5.41) is 0. The molecule has 1 heterocycles. The van der Waals surface area contributed by atoms with Crippen LogP contribution >= 0.6 is 0 Å². The minimum absolute atomic E-state index is 0.678. The highest BCUT2D eigenvalue weighted by atomic mass is 14.7. The molecule has 1 aromatic rings. The number of rotatable bonds is 2. The second kappa shape index (κ2) is 3.20. The van der Waals surface area contributed by atoms with Gasteiger partial charge in [0.25, 0.3) is 0 Å². The van der Waals surface area contributed by atoms with Crippen molar-refractivity contribution in [2.75, 3.05) is 6.54 Å². The molecule has 0 bridgehead atoms. The van der Waals surface area contributed by atoms with Crippen molar-refractivity contribution >= 4 is 0 Å². The van der Waals surface area contributed by atoms with Crippen molar-refractivity contribution in [3.63, 3.8) is 0 Å². The van der Waals surface area contributed by atoms with Crippen LogP contribution in [0.15, 0.2) is 24.4 Å². The third-order valence-electron chi connectivity index (χ3n) is 1.13. The van der Waals surface area contributed by atoms with E-state index < -0.39 is 0 Å². The molecule has 0 aliphatic heterocycles. The number of nitrogens with zero attached hydrogens (tertiary/aromatic N) is 1. The summed E-state index contributed by atoms with van der Waals surface area (Å²) < 4.78 is 60.0. The first-order valence-corrected chi connectivity index (χ1v) is 3.03. The molecule has 60 valence electrons. The Morgan fingerprint density at radius 3 is 3.11 bits per heavy atom. The molecule has 9 heavy (non-hydrogen) atoms. The summed E-state index contributed by atoms with van der Waals surface area (Å²) in [6, 6.07) is 5.85. The maximum atomic E-state index is 5.32. The van der Waals surface area contributed by atoms with Gasteiger partial charge in [0.2, 0.25) is 0 Å². The third kappa shape index (κ3) is 1.82. The molecular weight excluding hydrogens is 112 g/mol. The second-order valence-corrected chi connectivity index (χ2v) is 1.86. The van der Waals surface area contributed by atoms with Crippen LogP contribution in [-0.2, 0) is 6.42 Å². The molecule has 0 fully saturated rings. The van der Waals surface area contributed by atoms with Crippen LogP contribution in [0.5, 0.6) is 0 Å². The van der Waals surface area contributed by atoms with Crippen LogP contribution in [0.4, 0.5) is 0 Å². The number of hydrogen-bond acceptors (Lipinski definition) is 2. The smallest absolute Gasteiger partial charge is 0.0416 e. The van der Waals surface area contributed by atoms with E-state index in [9.17, 15) is 0 Å². The molecule has 1 rings (SSSR count). The van der Waals surface area contributed by atoms with E-state index in [0.29, 0.717) is 6.54 Å². The van der Waals surface area contributed by atoms with Crippen LogP contribution in [0.25, 0.3) is 0 Å². The van der Waals surface area contributed by atoms with E-state index in [-0.39, 0.29) is 0 Å². The predicted molar refractivity (Wildman–Crippen MR) is 49.7 cm³/mol. The van der Waals surface area contributed by atoms with Crippen LogP contribution in [0.1, 0.15) is 23.5 Å². The van der Waals surface area contributed by atoms with Crippen LogP contribution < -0.4 is 5.73 Å². The summed E-state index contributed by atoms with van der Waals surface area (Å²) in [4.78, 5) is 4.09. The maximum Gasteiger partial charge on any atom is 0.0416 e. The molecular formula is C7H22N2. The Labute approximate surface area is 73.2 Å². The van der Waals surface area contributed by atoms with E-state index in [1.54, 1.807) is 6.20 Å². The number of hydrogen-bond donors (Lipinski definition) is 1. The highest BCUT2D eigenvalue weighted by Gasteiger charge is 1.86. The van der Waals surface area contributed by atoms with Crippen LogP contribution in [0, 0.1) is 0 Å². The van der Waals surface area contributed by atoms with Gasteiger partial charge >= 0.3 is 0 Å². The molecule has 0 saturated heterocycles. The molecule has 0 radical (unpaired) electrons. The average molecular weight is 146 g/mol. The van der Waals surface area contributed by atoms with Crippen molar-refractivity contribution in [1.29, 1.82) is 0 Å². The molecule has 0 atom stereocenters. The van der Waals surface area contributed by atoms with E-state index in [0.717, 1.165) is 12.1 Å². The fraction of sp³-hybridized carbons (Fsp3) is 0.286. The molecule has 0 spiro atoms. The van der Waals surface area contributed by atoms with Crippen LogP contribution in [0.2, 0.25) is 0 Å². The molecule has 2 heteroatoms. The first kappa shape index (κ1) is 2.06. The number of aromatic nitrogens is 1. The first-order chi connectivity index (χ1) is 10.4. The topological polar surface area (TPSA) is 38.9 Å².